The molecule has 0 aromatic carbocycles. The van der Waals surface area contributed by atoms with E-state index in [0.717, 1.165) is 89.9 Å². The molecule has 0 spiro atoms. The second-order valence-electron chi connectivity index (χ2n) is 16.0. The Morgan fingerprint density at radius 1 is 0.355 bits per heavy atom. The molecule has 0 saturated heterocycles. The second-order valence-corrected chi connectivity index (χ2v) is 16.0. The molecule has 350 valence electrons. The zero-order chi connectivity index (χ0) is 45.1. The molecule has 6 nitrogen and oxygen atoms in total. The number of unbranched alkanes of at least 4 members (excludes halogenated alkanes) is 15. The molecule has 0 aliphatic carbocycles. The van der Waals surface area contributed by atoms with Crippen LogP contribution in [0.1, 0.15) is 207 Å². The van der Waals surface area contributed by atoms with E-state index in [9.17, 15) is 14.4 Å². The van der Waals surface area contributed by atoms with Gasteiger partial charge in [-0.3, -0.25) is 14.4 Å². The lowest BCUT2D eigenvalue weighted by Gasteiger charge is -2.18. The van der Waals surface area contributed by atoms with E-state index in [-0.39, 0.29) is 38.0 Å². The lowest BCUT2D eigenvalue weighted by atomic mass is 10.0. The third-order valence-corrected chi connectivity index (χ3v) is 10.1. The Bertz CT molecular complexity index is 1310. The van der Waals surface area contributed by atoms with Crippen LogP contribution in [0.25, 0.3) is 0 Å². The van der Waals surface area contributed by atoms with Crippen molar-refractivity contribution in [3.8, 4) is 0 Å². The number of esters is 3. The van der Waals surface area contributed by atoms with Crippen LogP contribution < -0.4 is 0 Å². The Morgan fingerprint density at radius 2 is 0.694 bits per heavy atom. The highest BCUT2D eigenvalue weighted by atomic mass is 16.6. The first-order valence-corrected chi connectivity index (χ1v) is 24.9. The van der Waals surface area contributed by atoms with Crippen molar-refractivity contribution in [2.75, 3.05) is 13.2 Å². The first-order chi connectivity index (χ1) is 30.5. The molecule has 0 amide bonds. The van der Waals surface area contributed by atoms with Gasteiger partial charge in [0, 0.05) is 12.8 Å². The van der Waals surface area contributed by atoms with Gasteiger partial charge in [-0.2, -0.15) is 0 Å². The second kappa shape index (κ2) is 49.7. The highest BCUT2D eigenvalue weighted by molar-refractivity contribution is 5.72. The summed E-state index contributed by atoms with van der Waals surface area (Å²) in [4.78, 5) is 37.9. The Labute approximate surface area is 380 Å². The number of ether oxygens (including phenoxy) is 3. The Morgan fingerprint density at radius 3 is 1.13 bits per heavy atom. The summed E-state index contributed by atoms with van der Waals surface area (Å²) in [5.41, 5.74) is 0. The number of hydrogen-bond acceptors (Lipinski definition) is 6. The van der Waals surface area contributed by atoms with Crippen LogP contribution in [0.4, 0.5) is 0 Å². The van der Waals surface area contributed by atoms with Gasteiger partial charge < -0.3 is 14.2 Å². The highest BCUT2D eigenvalue weighted by Crippen LogP contribution is 2.14. The Balaban J connectivity index is 4.59. The van der Waals surface area contributed by atoms with Crippen molar-refractivity contribution in [2.24, 2.45) is 0 Å². The van der Waals surface area contributed by atoms with Gasteiger partial charge in [0.2, 0.25) is 0 Å². The van der Waals surface area contributed by atoms with Crippen molar-refractivity contribution in [3.63, 3.8) is 0 Å². The van der Waals surface area contributed by atoms with E-state index in [4.69, 9.17) is 14.2 Å². The molecule has 0 heterocycles. The molecule has 1 atom stereocenters. The predicted molar refractivity (Wildman–Crippen MR) is 265 cm³/mol. The quantitative estimate of drug-likeness (QED) is 0.0263. The average molecular weight is 859 g/mol. The van der Waals surface area contributed by atoms with Gasteiger partial charge in [0.15, 0.2) is 6.10 Å². The number of carbonyl (C=O) groups excluding carboxylic acids is 3. The highest BCUT2D eigenvalue weighted by Gasteiger charge is 2.19. The van der Waals surface area contributed by atoms with E-state index in [1.54, 1.807) is 6.08 Å². The standard InChI is InChI=1S/C56H90O6/c1-4-7-10-13-16-19-22-25-28-31-34-37-40-43-46-49-55(58)61-52-53(51-60-54(57)48-45-42-39-36-33-30-27-24-21-18-15-12-9-6-3)62-56(59)50-47-44-41-38-35-32-29-26-23-20-17-14-11-8-5-2/h7-8,10-11,16-17,19-20,25-26,28-29,34-35,37-38,43,46,53H,4-6,9,12-15,18,21-24,27,30-33,36,39-42,44-45,47-52H2,1-3H3/b10-7-,11-8-,19-16-,20-17-,28-25-,29-26-,37-34-,38-35-,46-43-. The van der Waals surface area contributed by atoms with Gasteiger partial charge in [0.1, 0.15) is 13.2 Å². The molecule has 0 rings (SSSR count). The van der Waals surface area contributed by atoms with Crippen LogP contribution in [0.2, 0.25) is 0 Å². The summed E-state index contributed by atoms with van der Waals surface area (Å²) in [6.45, 7) is 6.27. The smallest absolute Gasteiger partial charge is 0.309 e. The van der Waals surface area contributed by atoms with E-state index in [1.165, 1.54) is 70.6 Å². The van der Waals surface area contributed by atoms with Crippen molar-refractivity contribution < 1.29 is 28.6 Å². The fraction of sp³-hybridized carbons (Fsp3) is 0.625. The average Bonchev–Trinajstić information content (AvgIpc) is 3.27. The zero-order valence-corrected chi connectivity index (χ0v) is 39.8. The minimum absolute atomic E-state index is 0.115. The summed E-state index contributed by atoms with van der Waals surface area (Å²) >= 11 is 0. The van der Waals surface area contributed by atoms with Gasteiger partial charge in [0.25, 0.3) is 0 Å². The van der Waals surface area contributed by atoms with Crippen molar-refractivity contribution in [3.05, 3.63) is 109 Å². The third kappa shape index (κ3) is 47.1. The van der Waals surface area contributed by atoms with Gasteiger partial charge in [-0.15, -0.1) is 0 Å². The van der Waals surface area contributed by atoms with Crippen LogP contribution in [0.3, 0.4) is 0 Å². The monoisotopic (exact) mass is 859 g/mol. The molecule has 0 radical (unpaired) electrons. The minimum Gasteiger partial charge on any atom is -0.462 e. The van der Waals surface area contributed by atoms with Crippen LogP contribution in [0.15, 0.2) is 109 Å². The third-order valence-electron chi connectivity index (χ3n) is 10.1. The van der Waals surface area contributed by atoms with Crippen molar-refractivity contribution in [2.45, 2.75) is 213 Å². The van der Waals surface area contributed by atoms with Crippen LogP contribution >= 0.6 is 0 Å². The topological polar surface area (TPSA) is 78.9 Å². The van der Waals surface area contributed by atoms with Crippen LogP contribution in [-0.2, 0) is 28.6 Å². The van der Waals surface area contributed by atoms with Gasteiger partial charge in [-0.05, 0) is 83.5 Å². The Kier molecular flexibility index (Phi) is 46.6. The summed E-state index contributed by atoms with van der Waals surface area (Å²) in [5.74, 6) is -1.11. The molecule has 0 aliphatic rings. The molecule has 0 fully saturated rings. The molecule has 0 saturated carbocycles. The normalized spacial score (nSPS) is 13.0. The van der Waals surface area contributed by atoms with Crippen LogP contribution in [-0.4, -0.2) is 37.2 Å². The van der Waals surface area contributed by atoms with Crippen molar-refractivity contribution >= 4 is 17.9 Å². The van der Waals surface area contributed by atoms with Gasteiger partial charge in [-0.25, -0.2) is 0 Å². The molecule has 0 aromatic rings. The zero-order valence-electron chi connectivity index (χ0n) is 39.8. The maximum Gasteiger partial charge on any atom is 0.309 e. The first kappa shape index (κ1) is 58.1. The van der Waals surface area contributed by atoms with E-state index < -0.39 is 12.1 Å². The summed E-state index contributed by atoms with van der Waals surface area (Å²) < 4.78 is 16.6. The minimum atomic E-state index is -0.838. The first-order valence-electron chi connectivity index (χ1n) is 24.9. The summed E-state index contributed by atoms with van der Waals surface area (Å²) in [6, 6.07) is 0. The molecular weight excluding hydrogens is 769 g/mol. The SMILES string of the molecule is CC/C=C\C/C=C\C/C=C\C/C=C\C/C=C\CC(=O)OCC(COC(=O)CCCCCCCCCCCCCCCC)OC(=O)CCCC/C=C\C/C=C\C/C=C\C/C=C\CC. The summed E-state index contributed by atoms with van der Waals surface area (Å²) in [6.07, 6.45) is 66.7. The molecule has 0 N–H and O–H groups in total. The molecule has 0 bridgehead atoms. The van der Waals surface area contributed by atoms with Crippen LogP contribution in [0, 0.1) is 0 Å². The van der Waals surface area contributed by atoms with E-state index in [1.807, 2.05) is 6.08 Å². The maximum absolute atomic E-state index is 12.8. The van der Waals surface area contributed by atoms with Crippen molar-refractivity contribution in [1.29, 1.82) is 0 Å². The lowest BCUT2D eigenvalue weighted by molar-refractivity contribution is -0.166. The largest absolute Gasteiger partial charge is 0.462 e. The van der Waals surface area contributed by atoms with Gasteiger partial charge in [-0.1, -0.05) is 214 Å². The number of carbonyl (C=O) groups is 3. The van der Waals surface area contributed by atoms with Gasteiger partial charge >= 0.3 is 17.9 Å². The Hall–Kier alpha value is -3.93. The van der Waals surface area contributed by atoms with E-state index in [2.05, 4.69) is 118 Å². The van der Waals surface area contributed by atoms with E-state index in [0.29, 0.717) is 12.8 Å². The van der Waals surface area contributed by atoms with Crippen LogP contribution in [0.5, 0.6) is 0 Å². The summed E-state index contributed by atoms with van der Waals surface area (Å²) in [5, 5.41) is 0. The fourth-order valence-corrected chi connectivity index (χ4v) is 6.39. The molecular formula is C56H90O6. The summed E-state index contributed by atoms with van der Waals surface area (Å²) in [7, 11) is 0. The molecule has 0 aromatic heterocycles. The number of allylic oxidation sites excluding steroid dienone is 17. The predicted octanol–water partition coefficient (Wildman–Crippen LogP) is 16.4. The van der Waals surface area contributed by atoms with E-state index >= 15 is 0 Å². The maximum atomic E-state index is 12.8. The van der Waals surface area contributed by atoms with Gasteiger partial charge in [0.05, 0.1) is 6.42 Å². The molecule has 0 aliphatic heterocycles. The number of hydrogen-bond donors (Lipinski definition) is 0. The van der Waals surface area contributed by atoms with Crippen molar-refractivity contribution in [1.82, 2.24) is 0 Å². The molecule has 62 heavy (non-hydrogen) atoms. The lowest BCUT2D eigenvalue weighted by Crippen LogP contribution is -2.30. The fourth-order valence-electron chi connectivity index (χ4n) is 6.39. The molecule has 1 unspecified atom stereocenters. The molecule has 6 heteroatoms. The number of rotatable bonds is 43.